The molecule has 0 radical (unpaired) electrons. The van der Waals surface area contributed by atoms with E-state index in [9.17, 15) is 53.0 Å². The number of hydrogen-bond acceptors (Lipinski definition) is 15. The van der Waals surface area contributed by atoms with E-state index in [4.69, 9.17) is 10.6 Å². The molecule has 1 aliphatic heterocycles. The molecule has 3 aromatic rings. The molecule has 4 rings (SSSR count). The zero-order valence-electron chi connectivity index (χ0n) is 39.8. The van der Waals surface area contributed by atoms with Gasteiger partial charge in [-0.05, 0) is 63.5 Å². The number of phosphoric acid groups is 1. The van der Waals surface area contributed by atoms with Gasteiger partial charge in [-0.25, -0.2) is 14.5 Å². The molecule has 3 heterocycles. The largest absolute Gasteiger partial charge is 0.469 e. The van der Waals surface area contributed by atoms with Crippen molar-refractivity contribution < 1.29 is 62.4 Å². The Morgan fingerprint density at radius 2 is 1.63 bits per heavy atom. The van der Waals surface area contributed by atoms with Gasteiger partial charge in [0.2, 0.25) is 41.4 Å². The summed E-state index contributed by atoms with van der Waals surface area (Å²) in [6.07, 6.45) is 6.82. The van der Waals surface area contributed by atoms with E-state index >= 15 is 0 Å². The number of aromatic nitrogens is 3. The standard InChI is InChI=1S/C44H64N11O13PS/c1-27(2)20-34(50-43(63)37-16-13-18-54(37)29(4)57)40(60)49-35(41(61)51-36(24-56)42(62)52-38(39(45)59)28(3)68-69(64,65)66)21-33-23-46-26-53(33)17-11-6-7-12-19-67-47-22-31-25-70-44(48-31)55(30(5)58)32-14-9-8-10-15-32/h8-10,14-15,22-23,25-28,34-38,56H,6-7,11-13,16-21,24H2,1-5H3,(H2,45,59)(H,49,60)(H,50,63)(H,51,61)(H,52,62)(H2,64,65,66)/b47-22+/t28-,34+,35+,36+,37+,38+/m1/s1. The smallest absolute Gasteiger partial charge is 0.396 e. The Morgan fingerprint density at radius 1 is 0.957 bits per heavy atom. The summed E-state index contributed by atoms with van der Waals surface area (Å²) in [5.74, 6) is -5.21. The number of nitrogens with one attached hydrogen (secondary N) is 4. The number of thiazole rings is 1. The minimum Gasteiger partial charge on any atom is -0.396 e. The number of amides is 7. The van der Waals surface area contributed by atoms with E-state index in [-0.39, 0.29) is 30.6 Å². The Balaban J connectivity index is 1.40. The van der Waals surface area contributed by atoms with Gasteiger partial charge in [0.05, 0.1) is 36.6 Å². The maximum absolute atomic E-state index is 14.1. The number of hydrogen-bond donors (Lipinski definition) is 8. The third-order valence-electron chi connectivity index (χ3n) is 11.0. The van der Waals surface area contributed by atoms with Gasteiger partial charge in [-0.3, -0.25) is 43.0 Å². The van der Waals surface area contributed by atoms with Gasteiger partial charge < -0.3 is 56.2 Å². The first kappa shape index (κ1) is 56.5. The minimum absolute atomic E-state index is 0.113. The molecule has 7 amide bonds. The number of primary amides is 1. The van der Waals surface area contributed by atoms with Crippen LogP contribution in [0.1, 0.15) is 91.0 Å². The average Bonchev–Trinajstić information content (AvgIpc) is 4.08. The minimum atomic E-state index is -5.14. The van der Waals surface area contributed by atoms with Crippen LogP contribution < -0.4 is 31.9 Å². The molecule has 1 aliphatic rings. The van der Waals surface area contributed by atoms with Crippen LogP contribution in [0.25, 0.3) is 0 Å². The van der Waals surface area contributed by atoms with E-state index in [1.54, 1.807) is 16.3 Å². The number of aliphatic hydroxyl groups is 1. The highest BCUT2D eigenvalue weighted by Gasteiger charge is 2.37. The third-order valence-corrected chi connectivity index (χ3v) is 12.5. The van der Waals surface area contributed by atoms with Gasteiger partial charge >= 0.3 is 7.82 Å². The van der Waals surface area contributed by atoms with Crippen LogP contribution in [0.15, 0.2) is 53.4 Å². The van der Waals surface area contributed by atoms with Crippen molar-refractivity contribution in [3.63, 3.8) is 0 Å². The highest BCUT2D eigenvalue weighted by atomic mass is 32.1. The fraction of sp³-hybridized carbons (Fsp3) is 0.545. The number of carbonyl (C=O) groups is 7. The zero-order chi connectivity index (χ0) is 51.5. The number of anilines is 2. The number of benzene rings is 1. The van der Waals surface area contributed by atoms with Gasteiger partial charge in [0.15, 0.2) is 5.13 Å². The fourth-order valence-corrected chi connectivity index (χ4v) is 9.00. The lowest BCUT2D eigenvalue weighted by Gasteiger charge is -2.28. The van der Waals surface area contributed by atoms with E-state index in [1.807, 2.05) is 44.2 Å². The molecule has 0 saturated carbocycles. The predicted octanol–water partition coefficient (Wildman–Crippen LogP) is 1.15. The van der Waals surface area contributed by atoms with Gasteiger partial charge in [0.25, 0.3) is 0 Å². The number of aryl methyl sites for hydroxylation is 1. The molecule has 0 spiro atoms. The summed E-state index contributed by atoms with van der Waals surface area (Å²) in [6, 6.07) is 2.25. The molecule has 0 unspecified atom stereocenters. The summed E-state index contributed by atoms with van der Waals surface area (Å²) in [5, 5.41) is 26.4. The molecule has 0 aliphatic carbocycles. The molecule has 70 heavy (non-hydrogen) atoms. The lowest BCUT2D eigenvalue weighted by molar-refractivity contribution is -0.139. The molecule has 9 N–H and O–H groups in total. The van der Waals surface area contributed by atoms with Crippen LogP contribution in [0.4, 0.5) is 10.8 Å². The first-order valence-corrected chi connectivity index (χ1v) is 25.2. The number of imidazole rings is 1. The number of aliphatic hydroxyl groups excluding tert-OH is 1. The molecule has 1 aromatic carbocycles. The van der Waals surface area contributed by atoms with E-state index in [1.165, 1.54) is 47.4 Å². The van der Waals surface area contributed by atoms with Crippen molar-refractivity contribution >= 4 is 77.5 Å². The fourth-order valence-electron chi connectivity index (χ4n) is 7.60. The Hall–Kier alpha value is -6.11. The molecule has 2 aromatic heterocycles. The average molecular weight is 1020 g/mol. The second-order valence-corrected chi connectivity index (χ2v) is 19.1. The Kier molecular flexibility index (Phi) is 22.0. The predicted molar refractivity (Wildman–Crippen MR) is 256 cm³/mol. The highest BCUT2D eigenvalue weighted by molar-refractivity contribution is 7.46. The van der Waals surface area contributed by atoms with Gasteiger partial charge in [0, 0.05) is 50.6 Å². The van der Waals surface area contributed by atoms with Gasteiger partial charge in [-0.15, -0.1) is 11.3 Å². The van der Waals surface area contributed by atoms with Gasteiger partial charge in [0.1, 0.15) is 36.8 Å². The highest BCUT2D eigenvalue weighted by Crippen LogP contribution is 2.38. The summed E-state index contributed by atoms with van der Waals surface area (Å²) >= 11 is 1.30. The molecule has 6 atom stereocenters. The summed E-state index contributed by atoms with van der Waals surface area (Å²) in [5.41, 5.74) is 7.11. The summed E-state index contributed by atoms with van der Waals surface area (Å²) in [6.45, 7) is 7.74. The van der Waals surface area contributed by atoms with Crippen molar-refractivity contribution in [2.75, 3.05) is 24.7 Å². The van der Waals surface area contributed by atoms with E-state index in [2.05, 4.69) is 40.9 Å². The van der Waals surface area contributed by atoms with Crippen LogP contribution in [0.2, 0.25) is 0 Å². The first-order valence-electron chi connectivity index (χ1n) is 22.8. The van der Waals surface area contributed by atoms with Crippen LogP contribution in [0, 0.1) is 5.92 Å². The van der Waals surface area contributed by atoms with E-state index in [0.29, 0.717) is 67.6 Å². The molecule has 384 valence electrons. The molecule has 1 saturated heterocycles. The van der Waals surface area contributed by atoms with Crippen molar-refractivity contribution in [2.24, 2.45) is 16.8 Å². The maximum Gasteiger partial charge on any atom is 0.469 e. The number of phosphoric ester groups is 1. The normalized spacial score (nSPS) is 16.0. The van der Waals surface area contributed by atoms with E-state index < -0.39 is 80.3 Å². The summed E-state index contributed by atoms with van der Waals surface area (Å²) < 4.78 is 17.7. The van der Waals surface area contributed by atoms with Crippen molar-refractivity contribution in [2.45, 2.75) is 129 Å². The molecule has 26 heteroatoms. The summed E-state index contributed by atoms with van der Waals surface area (Å²) in [7, 11) is -5.14. The maximum atomic E-state index is 14.1. The van der Waals surface area contributed by atoms with Crippen LogP contribution in [-0.2, 0) is 60.5 Å². The van der Waals surface area contributed by atoms with Crippen molar-refractivity contribution in [3.8, 4) is 0 Å². The van der Waals surface area contributed by atoms with Crippen molar-refractivity contribution in [1.29, 1.82) is 0 Å². The Morgan fingerprint density at radius 3 is 2.27 bits per heavy atom. The second kappa shape index (κ2) is 27.3. The second-order valence-electron chi connectivity index (χ2n) is 17.1. The zero-order valence-corrected chi connectivity index (χ0v) is 41.5. The number of nitrogens with two attached hydrogens (primary N) is 1. The van der Waals surface area contributed by atoms with Gasteiger partial charge in [-0.2, -0.15) is 0 Å². The SMILES string of the molecule is CC(=O)N(c1ccccc1)c1nc(/C=N/OCCCCCCn2cncc2C[C@H](NC(=O)[C@H](CC(C)C)NC(=O)[C@@H]2CCCN2C(C)=O)C(=O)N[C@@H](CO)C(=O)N[C@H](C(N)=O)[C@@H](C)OP(=O)(O)O)cs1. The molecule has 0 bridgehead atoms. The molecule has 24 nitrogen and oxygen atoms in total. The Labute approximate surface area is 409 Å². The van der Waals surface area contributed by atoms with Gasteiger partial charge in [-0.1, -0.05) is 43.6 Å². The lowest BCUT2D eigenvalue weighted by Crippen LogP contribution is -2.61. The number of nitrogens with zero attached hydrogens (tertiary/aromatic N) is 6. The van der Waals surface area contributed by atoms with Crippen molar-refractivity contribution in [1.82, 2.24) is 40.7 Å². The number of likely N-dealkylation sites (tertiary alicyclic amines) is 1. The number of para-hydroxylation sites is 1. The monoisotopic (exact) mass is 1020 g/mol. The van der Waals surface area contributed by atoms with Crippen LogP contribution in [0.3, 0.4) is 0 Å². The Bertz CT molecular complexity index is 2330. The third kappa shape index (κ3) is 17.7. The molecular weight excluding hydrogens is 954 g/mol. The molecule has 1 fully saturated rings. The van der Waals surface area contributed by atoms with Crippen LogP contribution >= 0.6 is 19.2 Å². The van der Waals surface area contributed by atoms with Crippen LogP contribution in [-0.4, -0.2) is 138 Å². The quantitative estimate of drug-likeness (QED) is 0.0219. The topological polar surface area (TPSA) is 339 Å². The van der Waals surface area contributed by atoms with Crippen molar-refractivity contribution in [3.05, 3.63) is 59.6 Å². The molecular formula is C44H64N11O13PS. The number of unbranched alkanes of at least 4 members (excludes halogenated alkanes) is 3. The number of rotatable bonds is 28. The summed E-state index contributed by atoms with van der Waals surface area (Å²) in [4.78, 5) is 127. The first-order chi connectivity index (χ1) is 33.2. The number of oxime groups is 1. The van der Waals surface area contributed by atoms with Crippen LogP contribution in [0.5, 0.6) is 0 Å². The van der Waals surface area contributed by atoms with E-state index in [0.717, 1.165) is 19.8 Å². The lowest BCUT2D eigenvalue weighted by atomic mass is 10.0. The number of carbonyl (C=O) groups excluding carboxylic acids is 7.